The lowest BCUT2D eigenvalue weighted by molar-refractivity contribution is -0.120. The van der Waals surface area contributed by atoms with Crippen LogP contribution in [0.3, 0.4) is 0 Å². The molecule has 0 bridgehead atoms. The molecule has 3 heterocycles. The first kappa shape index (κ1) is 19.1. The summed E-state index contributed by atoms with van der Waals surface area (Å²) in [6, 6.07) is 9.58. The number of carbonyl (C=O) groups excluding carboxylic acids is 2. The standard InChI is InChI=1S/C20H21N5O3S/c26-17(12-15-13-29-20(24-15)25-10-9-23-19(25)27)21-8-3-11-28-16-6-1-4-14-5-2-7-22-18(14)16/h1-2,4-7,13H,3,8-12H2,(H,21,26)(H,23,27). The zero-order valence-corrected chi connectivity index (χ0v) is 16.6. The number of benzene rings is 1. The number of para-hydroxylation sites is 1. The van der Waals surface area contributed by atoms with Gasteiger partial charge < -0.3 is 15.4 Å². The van der Waals surface area contributed by atoms with Gasteiger partial charge in [0, 0.05) is 36.6 Å². The van der Waals surface area contributed by atoms with Gasteiger partial charge in [0.1, 0.15) is 11.3 Å². The third-order valence-electron chi connectivity index (χ3n) is 4.47. The van der Waals surface area contributed by atoms with Crippen LogP contribution in [0, 0.1) is 0 Å². The van der Waals surface area contributed by atoms with Gasteiger partial charge in [0.2, 0.25) is 5.91 Å². The third-order valence-corrected chi connectivity index (χ3v) is 5.38. The minimum atomic E-state index is -0.142. The fourth-order valence-corrected chi connectivity index (χ4v) is 3.91. The number of fused-ring (bicyclic) bond motifs is 1. The van der Waals surface area contributed by atoms with Crippen LogP contribution in [-0.2, 0) is 11.2 Å². The van der Waals surface area contributed by atoms with E-state index in [0.29, 0.717) is 43.5 Å². The van der Waals surface area contributed by atoms with Gasteiger partial charge >= 0.3 is 6.03 Å². The molecule has 3 amide bonds. The zero-order valence-electron chi connectivity index (χ0n) is 15.8. The lowest BCUT2D eigenvalue weighted by atomic mass is 10.2. The summed E-state index contributed by atoms with van der Waals surface area (Å²) in [5, 5.41) is 9.09. The van der Waals surface area contributed by atoms with Crippen molar-refractivity contribution in [2.75, 3.05) is 31.1 Å². The van der Waals surface area contributed by atoms with Crippen LogP contribution in [0.5, 0.6) is 5.75 Å². The number of pyridine rings is 1. The molecule has 1 fully saturated rings. The van der Waals surface area contributed by atoms with Crippen LogP contribution in [0.4, 0.5) is 9.93 Å². The van der Waals surface area contributed by atoms with Crippen molar-refractivity contribution in [2.24, 2.45) is 0 Å². The summed E-state index contributed by atoms with van der Waals surface area (Å²) in [5.41, 5.74) is 1.50. The predicted octanol–water partition coefficient (Wildman–Crippen LogP) is 2.35. The van der Waals surface area contributed by atoms with Crippen molar-refractivity contribution in [1.82, 2.24) is 20.6 Å². The van der Waals surface area contributed by atoms with Gasteiger partial charge in [-0.25, -0.2) is 9.78 Å². The monoisotopic (exact) mass is 411 g/mol. The van der Waals surface area contributed by atoms with E-state index in [9.17, 15) is 9.59 Å². The number of aromatic nitrogens is 2. The number of rotatable bonds is 8. The van der Waals surface area contributed by atoms with Crippen LogP contribution in [0.1, 0.15) is 12.1 Å². The number of thiazole rings is 1. The number of ether oxygens (including phenoxy) is 1. The van der Waals surface area contributed by atoms with E-state index in [1.807, 2.05) is 35.7 Å². The predicted molar refractivity (Wildman–Crippen MR) is 111 cm³/mol. The minimum Gasteiger partial charge on any atom is -0.491 e. The molecule has 4 rings (SSSR count). The molecule has 0 radical (unpaired) electrons. The maximum absolute atomic E-state index is 12.1. The van der Waals surface area contributed by atoms with E-state index >= 15 is 0 Å². The fraction of sp³-hybridized carbons (Fsp3) is 0.300. The molecule has 0 unspecified atom stereocenters. The second kappa shape index (κ2) is 8.87. The highest BCUT2D eigenvalue weighted by molar-refractivity contribution is 7.14. The maximum atomic E-state index is 12.1. The van der Waals surface area contributed by atoms with E-state index in [0.717, 1.165) is 16.7 Å². The minimum absolute atomic E-state index is 0.0976. The summed E-state index contributed by atoms with van der Waals surface area (Å²) in [6.45, 7) is 2.22. The van der Waals surface area contributed by atoms with Gasteiger partial charge in [-0.15, -0.1) is 11.3 Å². The van der Waals surface area contributed by atoms with Gasteiger partial charge in [-0.2, -0.15) is 0 Å². The van der Waals surface area contributed by atoms with E-state index < -0.39 is 0 Å². The Morgan fingerprint density at radius 2 is 2.21 bits per heavy atom. The Morgan fingerprint density at radius 1 is 1.31 bits per heavy atom. The first-order valence-corrected chi connectivity index (χ1v) is 10.3. The van der Waals surface area contributed by atoms with Crippen LogP contribution in [0.2, 0.25) is 0 Å². The lowest BCUT2D eigenvalue weighted by Crippen LogP contribution is -2.28. The van der Waals surface area contributed by atoms with Gasteiger partial charge in [-0.05, 0) is 18.6 Å². The molecule has 150 valence electrons. The van der Waals surface area contributed by atoms with Crippen LogP contribution >= 0.6 is 11.3 Å². The Morgan fingerprint density at radius 3 is 3.07 bits per heavy atom. The molecule has 8 nitrogen and oxygen atoms in total. The molecule has 0 spiro atoms. The van der Waals surface area contributed by atoms with E-state index in [4.69, 9.17) is 4.74 Å². The van der Waals surface area contributed by atoms with Crippen LogP contribution in [0.25, 0.3) is 10.9 Å². The second-order valence-corrected chi connectivity index (χ2v) is 7.40. The number of hydrogen-bond acceptors (Lipinski definition) is 6. The quantitative estimate of drug-likeness (QED) is 0.555. The largest absolute Gasteiger partial charge is 0.491 e. The Bertz CT molecular complexity index is 1020. The molecule has 1 aromatic carbocycles. The van der Waals surface area contributed by atoms with Gasteiger partial charge in [-0.3, -0.25) is 14.7 Å². The molecule has 0 aliphatic carbocycles. The van der Waals surface area contributed by atoms with E-state index in [-0.39, 0.29) is 18.4 Å². The molecule has 29 heavy (non-hydrogen) atoms. The maximum Gasteiger partial charge on any atom is 0.323 e. The molecule has 0 saturated carbocycles. The van der Waals surface area contributed by atoms with Gasteiger partial charge in [0.05, 0.1) is 18.7 Å². The number of nitrogens with one attached hydrogen (secondary N) is 2. The number of carbonyl (C=O) groups is 2. The molecule has 3 aromatic rings. The fourth-order valence-electron chi connectivity index (χ4n) is 3.06. The molecule has 0 atom stereocenters. The van der Waals surface area contributed by atoms with Crippen molar-refractivity contribution in [2.45, 2.75) is 12.8 Å². The summed E-state index contributed by atoms with van der Waals surface area (Å²) in [6.07, 6.45) is 2.63. The topological polar surface area (TPSA) is 96.5 Å². The molecular weight excluding hydrogens is 390 g/mol. The number of amides is 3. The molecule has 2 aromatic heterocycles. The van der Waals surface area contributed by atoms with Gasteiger partial charge in [0.25, 0.3) is 0 Å². The number of anilines is 1. The smallest absolute Gasteiger partial charge is 0.323 e. The second-order valence-electron chi connectivity index (χ2n) is 6.56. The first-order valence-electron chi connectivity index (χ1n) is 9.44. The van der Waals surface area contributed by atoms with Crippen molar-refractivity contribution in [1.29, 1.82) is 0 Å². The molecule has 1 aliphatic rings. The van der Waals surface area contributed by atoms with Crippen LogP contribution < -0.4 is 20.3 Å². The zero-order chi connectivity index (χ0) is 20.1. The summed E-state index contributed by atoms with van der Waals surface area (Å²) in [7, 11) is 0. The molecule has 1 saturated heterocycles. The van der Waals surface area contributed by atoms with Crippen LogP contribution in [0.15, 0.2) is 41.9 Å². The summed E-state index contributed by atoms with van der Waals surface area (Å²) in [4.78, 5) is 34.1. The highest BCUT2D eigenvalue weighted by atomic mass is 32.1. The van der Waals surface area contributed by atoms with Gasteiger partial charge in [-0.1, -0.05) is 18.2 Å². The highest BCUT2D eigenvalue weighted by Gasteiger charge is 2.24. The Kier molecular flexibility index (Phi) is 5.85. The highest BCUT2D eigenvalue weighted by Crippen LogP contribution is 2.23. The summed E-state index contributed by atoms with van der Waals surface area (Å²) in [5.74, 6) is 0.648. The Labute approximate surface area is 171 Å². The van der Waals surface area contributed by atoms with Crippen molar-refractivity contribution >= 4 is 39.3 Å². The van der Waals surface area contributed by atoms with Crippen molar-refractivity contribution in [3.63, 3.8) is 0 Å². The molecule has 9 heteroatoms. The molecule has 1 aliphatic heterocycles. The Hall–Kier alpha value is -3.20. The number of nitrogens with zero attached hydrogens (tertiary/aromatic N) is 3. The van der Waals surface area contributed by atoms with Crippen molar-refractivity contribution in [3.8, 4) is 5.75 Å². The third kappa shape index (κ3) is 4.62. The normalized spacial score (nSPS) is 13.5. The first-order chi connectivity index (χ1) is 14.2. The average molecular weight is 411 g/mol. The van der Waals surface area contributed by atoms with E-state index in [2.05, 4.69) is 20.6 Å². The van der Waals surface area contributed by atoms with E-state index in [1.165, 1.54) is 11.3 Å². The SMILES string of the molecule is O=C(Cc1csc(N2CCNC2=O)n1)NCCCOc1cccc2cccnc12. The van der Waals surface area contributed by atoms with Crippen molar-refractivity contribution in [3.05, 3.63) is 47.6 Å². The summed E-state index contributed by atoms with van der Waals surface area (Å²) >= 11 is 1.37. The summed E-state index contributed by atoms with van der Waals surface area (Å²) < 4.78 is 5.82. The van der Waals surface area contributed by atoms with Crippen LogP contribution in [-0.4, -0.2) is 48.1 Å². The molecular formula is C20H21N5O3S. The number of hydrogen-bond donors (Lipinski definition) is 2. The van der Waals surface area contributed by atoms with Crippen molar-refractivity contribution < 1.29 is 14.3 Å². The van der Waals surface area contributed by atoms with Gasteiger partial charge in [0.15, 0.2) is 5.13 Å². The number of urea groups is 1. The molecule has 2 N–H and O–H groups in total. The van der Waals surface area contributed by atoms with E-state index in [1.54, 1.807) is 11.1 Å². The Balaban J connectivity index is 1.20. The lowest BCUT2D eigenvalue weighted by Gasteiger charge is -2.09. The average Bonchev–Trinajstić information content (AvgIpc) is 3.36.